The van der Waals surface area contributed by atoms with E-state index in [1.807, 2.05) is 54.0 Å². The van der Waals surface area contributed by atoms with E-state index in [0.717, 1.165) is 28.8 Å². The minimum atomic E-state index is -0.0709. The Morgan fingerprint density at radius 1 is 1.18 bits per heavy atom. The number of ketones is 1. The highest BCUT2D eigenvalue weighted by molar-refractivity contribution is 5.99. The molecule has 1 aliphatic rings. The van der Waals surface area contributed by atoms with Crippen molar-refractivity contribution >= 4 is 34.1 Å². The van der Waals surface area contributed by atoms with Crippen molar-refractivity contribution in [1.29, 1.82) is 5.26 Å². The van der Waals surface area contributed by atoms with Crippen LogP contribution in [0, 0.1) is 24.2 Å². The third-order valence-electron chi connectivity index (χ3n) is 6.13. The van der Waals surface area contributed by atoms with Gasteiger partial charge >= 0.3 is 0 Å². The SMILES string of the molecule is CC(=O)c1ccc(-n2cnc3cc(Nc4ccc(C)nn4)ccc32)nc1N1CC(C#N)CC1C. The minimum Gasteiger partial charge on any atom is -0.352 e. The lowest BCUT2D eigenvalue weighted by atomic mass is 10.1. The number of hydrogen-bond donors (Lipinski definition) is 1. The largest absolute Gasteiger partial charge is 0.352 e. The second-order valence-electron chi connectivity index (χ2n) is 8.66. The number of carbonyl (C=O) groups is 1. The first-order chi connectivity index (χ1) is 16.4. The van der Waals surface area contributed by atoms with Crippen LogP contribution < -0.4 is 10.2 Å². The third-order valence-corrected chi connectivity index (χ3v) is 6.13. The summed E-state index contributed by atoms with van der Waals surface area (Å²) in [6.07, 6.45) is 2.49. The van der Waals surface area contributed by atoms with E-state index in [-0.39, 0.29) is 17.7 Å². The van der Waals surface area contributed by atoms with Crippen LogP contribution in [0.15, 0.2) is 48.8 Å². The maximum absolute atomic E-state index is 12.3. The number of aromatic nitrogens is 5. The second kappa shape index (κ2) is 8.56. The first kappa shape index (κ1) is 21.5. The van der Waals surface area contributed by atoms with Crippen molar-refractivity contribution in [1.82, 2.24) is 24.7 Å². The van der Waals surface area contributed by atoms with E-state index in [9.17, 15) is 10.1 Å². The molecule has 4 heterocycles. The summed E-state index contributed by atoms with van der Waals surface area (Å²) in [5, 5.41) is 20.8. The summed E-state index contributed by atoms with van der Waals surface area (Å²) in [6, 6.07) is 15.8. The molecule has 3 aromatic heterocycles. The smallest absolute Gasteiger partial charge is 0.163 e. The molecule has 1 fully saturated rings. The quantitative estimate of drug-likeness (QED) is 0.448. The molecular weight excluding hydrogens is 428 g/mol. The van der Waals surface area contributed by atoms with Gasteiger partial charge in [-0.1, -0.05) is 0 Å². The molecule has 1 aliphatic heterocycles. The number of aryl methyl sites for hydroxylation is 1. The van der Waals surface area contributed by atoms with Gasteiger partial charge in [-0.15, -0.1) is 5.10 Å². The molecule has 0 aliphatic carbocycles. The summed E-state index contributed by atoms with van der Waals surface area (Å²) in [5.41, 5.74) is 3.95. The van der Waals surface area contributed by atoms with Crippen LogP contribution in [0.4, 0.5) is 17.3 Å². The van der Waals surface area contributed by atoms with Crippen LogP contribution in [-0.2, 0) is 0 Å². The summed E-state index contributed by atoms with van der Waals surface area (Å²) < 4.78 is 1.90. The van der Waals surface area contributed by atoms with Crippen LogP contribution >= 0.6 is 0 Å². The van der Waals surface area contributed by atoms with Crippen molar-refractivity contribution < 1.29 is 4.79 Å². The zero-order chi connectivity index (χ0) is 23.8. The Balaban J connectivity index is 1.50. The van der Waals surface area contributed by atoms with E-state index in [0.29, 0.717) is 29.6 Å². The van der Waals surface area contributed by atoms with Gasteiger partial charge in [-0.2, -0.15) is 10.4 Å². The fourth-order valence-electron chi connectivity index (χ4n) is 4.37. The zero-order valence-corrected chi connectivity index (χ0v) is 19.2. The zero-order valence-electron chi connectivity index (χ0n) is 19.2. The van der Waals surface area contributed by atoms with Gasteiger partial charge in [0.15, 0.2) is 11.6 Å². The van der Waals surface area contributed by atoms with Crippen LogP contribution in [0.1, 0.15) is 36.3 Å². The lowest BCUT2D eigenvalue weighted by Gasteiger charge is -2.25. The average molecular weight is 453 g/mol. The van der Waals surface area contributed by atoms with Crippen LogP contribution in [0.3, 0.4) is 0 Å². The molecule has 0 radical (unpaired) electrons. The van der Waals surface area contributed by atoms with Gasteiger partial charge < -0.3 is 10.2 Å². The fraction of sp³-hybridized carbons (Fsp3) is 0.280. The number of nitrogens with zero attached hydrogens (tertiary/aromatic N) is 7. The summed E-state index contributed by atoms with van der Waals surface area (Å²) >= 11 is 0. The minimum absolute atomic E-state index is 0.0490. The third kappa shape index (κ3) is 3.94. The van der Waals surface area contributed by atoms with Gasteiger partial charge in [-0.05, 0) is 69.7 Å². The molecule has 9 nitrogen and oxygen atoms in total. The van der Waals surface area contributed by atoms with Crippen LogP contribution in [0.25, 0.3) is 16.9 Å². The van der Waals surface area contributed by atoms with Crippen molar-refractivity contribution in [2.24, 2.45) is 5.92 Å². The summed E-state index contributed by atoms with van der Waals surface area (Å²) in [7, 11) is 0. The number of anilines is 3. The molecule has 4 aromatic rings. The van der Waals surface area contributed by atoms with Crippen molar-refractivity contribution in [3.8, 4) is 11.9 Å². The molecule has 0 spiro atoms. The van der Waals surface area contributed by atoms with Crippen molar-refractivity contribution in [2.75, 3.05) is 16.8 Å². The van der Waals surface area contributed by atoms with Gasteiger partial charge in [-0.3, -0.25) is 9.36 Å². The van der Waals surface area contributed by atoms with Gasteiger partial charge in [-0.25, -0.2) is 9.97 Å². The number of rotatable bonds is 5. The number of benzene rings is 1. The molecule has 9 heteroatoms. The van der Waals surface area contributed by atoms with E-state index in [2.05, 4.69) is 38.4 Å². The summed E-state index contributed by atoms with van der Waals surface area (Å²) in [6.45, 7) is 6.07. The topological polar surface area (TPSA) is 113 Å². The van der Waals surface area contributed by atoms with Crippen molar-refractivity contribution in [2.45, 2.75) is 33.2 Å². The normalized spacial score (nSPS) is 17.6. The highest BCUT2D eigenvalue weighted by Crippen LogP contribution is 2.32. The van der Waals surface area contributed by atoms with Crippen LogP contribution in [0.5, 0.6) is 0 Å². The first-order valence-electron chi connectivity index (χ1n) is 11.2. The molecule has 2 atom stereocenters. The molecule has 0 saturated carbocycles. The predicted molar refractivity (Wildman–Crippen MR) is 129 cm³/mol. The van der Waals surface area contributed by atoms with E-state index < -0.39 is 0 Å². The summed E-state index contributed by atoms with van der Waals surface area (Å²) in [5.74, 6) is 1.82. The van der Waals surface area contributed by atoms with Gasteiger partial charge in [0.1, 0.15) is 18.0 Å². The molecule has 2 unspecified atom stereocenters. The maximum atomic E-state index is 12.3. The van der Waals surface area contributed by atoms with Crippen molar-refractivity contribution in [3.05, 3.63) is 60.0 Å². The first-order valence-corrected chi connectivity index (χ1v) is 11.2. The molecule has 1 N–H and O–H groups in total. The molecule has 34 heavy (non-hydrogen) atoms. The lowest BCUT2D eigenvalue weighted by Crippen LogP contribution is -2.29. The Hall–Kier alpha value is -4.32. The monoisotopic (exact) mass is 452 g/mol. The number of Topliss-reactive ketones (excluding diaryl/α,β-unsaturated/α-hetero) is 1. The molecule has 5 rings (SSSR count). The Labute approximate surface area is 197 Å². The number of imidazole rings is 1. The molecular formula is C25H24N8O. The van der Waals surface area contributed by atoms with Gasteiger partial charge in [0.05, 0.1) is 34.3 Å². The Morgan fingerprint density at radius 2 is 2.03 bits per heavy atom. The molecule has 0 bridgehead atoms. The second-order valence-corrected chi connectivity index (χ2v) is 8.66. The van der Waals surface area contributed by atoms with E-state index in [1.54, 1.807) is 13.3 Å². The standard InChI is InChI=1S/C25H24N8O/c1-15-4-8-23(31-30-15)28-19-5-7-22-21(11-19)27-14-33(22)24-9-6-20(17(3)34)25(29-24)32-13-18(12-26)10-16(32)2/h4-9,11,14,16,18H,10,13H2,1-3H3,(H,28,31). The number of hydrogen-bond acceptors (Lipinski definition) is 8. The van der Waals surface area contributed by atoms with E-state index in [1.165, 1.54) is 0 Å². The van der Waals surface area contributed by atoms with E-state index >= 15 is 0 Å². The van der Waals surface area contributed by atoms with E-state index in [4.69, 9.17) is 4.98 Å². The van der Waals surface area contributed by atoms with Crippen LogP contribution in [0.2, 0.25) is 0 Å². The average Bonchev–Trinajstić information content (AvgIpc) is 3.43. The number of fused-ring (bicyclic) bond motifs is 1. The van der Waals surface area contributed by atoms with Crippen LogP contribution in [-0.4, -0.2) is 43.1 Å². The Kier molecular flexibility index (Phi) is 5.42. The van der Waals surface area contributed by atoms with Gasteiger partial charge in [0, 0.05) is 18.3 Å². The van der Waals surface area contributed by atoms with Crippen molar-refractivity contribution in [3.63, 3.8) is 0 Å². The number of pyridine rings is 1. The molecule has 0 amide bonds. The van der Waals surface area contributed by atoms with Gasteiger partial charge in [0.25, 0.3) is 0 Å². The maximum Gasteiger partial charge on any atom is 0.163 e. The molecule has 170 valence electrons. The Bertz CT molecular complexity index is 1420. The number of nitriles is 1. The predicted octanol–water partition coefficient (Wildman–Crippen LogP) is 4.20. The Morgan fingerprint density at radius 3 is 2.74 bits per heavy atom. The highest BCUT2D eigenvalue weighted by Gasteiger charge is 2.32. The number of nitrogens with one attached hydrogen (secondary N) is 1. The fourth-order valence-corrected chi connectivity index (χ4v) is 4.37. The molecule has 1 saturated heterocycles. The highest BCUT2D eigenvalue weighted by atomic mass is 16.1. The summed E-state index contributed by atoms with van der Waals surface area (Å²) in [4.78, 5) is 23.8. The number of carbonyl (C=O) groups excluding carboxylic acids is 1. The molecule has 1 aromatic carbocycles. The lowest BCUT2D eigenvalue weighted by molar-refractivity contribution is 0.101. The van der Waals surface area contributed by atoms with Gasteiger partial charge in [0.2, 0.25) is 0 Å².